The summed E-state index contributed by atoms with van der Waals surface area (Å²) in [6.07, 6.45) is 4.02. The van der Waals surface area contributed by atoms with E-state index in [1.165, 1.54) is 5.56 Å². The van der Waals surface area contributed by atoms with E-state index in [0.29, 0.717) is 11.5 Å². The van der Waals surface area contributed by atoms with Crippen molar-refractivity contribution in [3.05, 3.63) is 128 Å². The second kappa shape index (κ2) is 10.9. The van der Waals surface area contributed by atoms with Gasteiger partial charge in [0, 0.05) is 22.7 Å². The Bertz CT molecular complexity index is 1490. The normalized spacial score (nSPS) is 16.2. The first-order valence-corrected chi connectivity index (χ1v) is 12.7. The maximum atomic E-state index is 6.41. The largest absolute Gasteiger partial charge is 4.00 e. The predicted molar refractivity (Wildman–Crippen MR) is 153 cm³/mol. The molecule has 0 amide bonds. The fourth-order valence-corrected chi connectivity index (χ4v) is 4.83. The van der Waals surface area contributed by atoms with Crippen LogP contribution in [0.2, 0.25) is 0 Å². The summed E-state index contributed by atoms with van der Waals surface area (Å²) in [7, 11) is 4.11. The van der Waals surface area contributed by atoms with Gasteiger partial charge in [-0.3, -0.25) is 0 Å². The van der Waals surface area contributed by atoms with Gasteiger partial charge in [0.2, 0.25) is 0 Å². The third kappa shape index (κ3) is 5.34. The summed E-state index contributed by atoms with van der Waals surface area (Å²) in [6, 6.07) is 35.9. The average molecular weight is 694 g/mol. The molecule has 0 radical (unpaired) electrons. The van der Waals surface area contributed by atoms with Gasteiger partial charge in [-0.25, -0.2) is 0 Å². The Morgan fingerprint density at radius 1 is 0.718 bits per heavy atom. The van der Waals surface area contributed by atoms with Crippen molar-refractivity contribution in [3.8, 4) is 22.6 Å². The van der Waals surface area contributed by atoms with Crippen molar-refractivity contribution in [2.75, 3.05) is 23.9 Å². The molecule has 0 bridgehead atoms. The molecule has 0 saturated carbocycles. The fraction of sp³-hybridized carbons (Fsp3) is 0.152. The van der Waals surface area contributed by atoms with Crippen molar-refractivity contribution in [1.82, 2.24) is 9.80 Å². The van der Waals surface area contributed by atoms with Crippen molar-refractivity contribution in [3.63, 3.8) is 0 Å². The van der Waals surface area contributed by atoms with Crippen LogP contribution in [0.15, 0.2) is 97.3 Å². The minimum Gasteiger partial charge on any atom is -0.510 e. The first-order chi connectivity index (χ1) is 18.4. The maximum absolute atomic E-state index is 6.41. The molecule has 0 unspecified atom stereocenters. The molecule has 2 heterocycles. The first kappa shape index (κ1) is 27.1. The van der Waals surface area contributed by atoms with Gasteiger partial charge in [0.15, 0.2) is 0 Å². The number of fused-ring (bicyclic) bond motifs is 1. The number of anilines is 3. The van der Waals surface area contributed by atoms with E-state index < -0.39 is 0 Å². The monoisotopic (exact) mass is 693 g/mol. The van der Waals surface area contributed by atoms with Crippen LogP contribution in [-0.2, 0) is 26.6 Å². The van der Waals surface area contributed by atoms with Gasteiger partial charge >= 0.3 is 21.1 Å². The van der Waals surface area contributed by atoms with E-state index in [9.17, 15) is 0 Å². The molecule has 2 aliphatic heterocycles. The summed E-state index contributed by atoms with van der Waals surface area (Å²) in [5.74, 6) is 1.26. The molecule has 0 atom stereocenters. The zero-order valence-electron chi connectivity index (χ0n) is 22.4. The second-order valence-electron chi connectivity index (χ2n) is 10.1. The number of hydrogen-bond acceptors (Lipinski definition) is 5. The quantitative estimate of drug-likeness (QED) is 0.201. The molecule has 0 fully saturated rings. The summed E-state index contributed by atoms with van der Waals surface area (Å²) < 4.78 is 6.41. The molecule has 39 heavy (non-hydrogen) atoms. The summed E-state index contributed by atoms with van der Waals surface area (Å²) in [4.78, 5) is 8.45. The molecule has 0 spiro atoms. The molecule has 0 N–H and O–H groups in total. The van der Waals surface area contributed by atoms with E-state index in [1.807, 2.05) is 72.3 Å². The molecular weight excluding hydrogens is 663 g/mol. The molecule has 2 aliphatic rings. The average Bonchev–Trinajstić information content (AvgIpc) is 3.38. The first-order valence-electron chi connectivity index (χ1n) is 12.7. The van der Waals surface area contributed by atoms with Gasteiger partial charge in [-0.15, -0.1) is 53.3 Å². The molecule has 4 aromatic rings. The van der Waals surface area contributed by atoms with Gasteiger partial charge in [0.1, 0.15) is 0 Å². The van der Waals surface area contributed by atoms with Gasteiger partial charge < -0.3 is 24.3 Å². The van der Waals surface area contributed by atoms with Crippen molar-refractivity contribution < 1.29 is 25.8 Å². The Morgan fingerprint density at radius 3 is 2.23 bits per heavy atom. The molecule has 6 rings (SSSR count). The summed E-state index contributed by atoms with van der Waals surface area (Å²) in [5.41, 5.74) is 6.28. The van der Waals surface area contributed by atoms with Crippen LogP contribution in [0.25, 0.3) is 11.1 Å². The minimum absolute atomic E-state index is 0. The van der Waals surface area contributed by atoms with E-state index in [-0.39, 0.29) is 26.6 Å². The minimum atomic E-state index is -0.112. The molecule has 4 aromatic carbocycles. The summed E-state index contributed by atoms with van der Waals surface area (Å²) in [5, 5.41) is 0. The Morgan fingerprint density at radius 2 is 1.46 bits per heavy atom. The van der Waals surface area contributed by atoms with Crippen molar-refractivity contribution in [1.29, 1.82) is 0 Å². The standard InChI is InChI=1S/C33H30N4O.Pt/c1-33(2)31-15-8-9-16-32(31)37(24-35(33)4)27-13-10-14-29(21-27)38-30-20-26(25-11-6-5-7-12-25)19-28(22-30)36-18-17-34(3)23-36;/h5-20,23-24H,1-4H3;/q-4;+4. The van der Waals surface area contributed by atoms with Crippen LogP contribution in [0.4, 0.5) is 17.1 Å². The smallest absolute Gasteiger partial charge is 0.510 e. The number of benzene rings is 4. The van der Waals surface area contributed by atoms with E-state index >= 15 is 0 Å². The fourth-order valence-electron chi connectivity index (χ4n) is 4.83. The topological polar surface area (TPSA) is 22.2 Å². The molecule has 0 aliphatic carbocycles. The Hall–Kier alpha value is -3.53. The molecule has 6 heteroatoms. The number of rotatable bonds is 5. The van der Waals surface area contributed by atoms with Crippen LogP contribution in [0.3, 0.4) is 0 Å². The SMILES string of the molecule is CN1C=CN(c2[c-]c(Oc3[c-]c(N4[CH-]N(C)C(C)(C)c5ccccc54)ccc3)cc(-c3ccccc3)c2)[CH-]1.[Pt+4]. The van der Waals surface area contributed by atoms with Crippen molar-refractivity contribution in [2.24, 2.45) is 0 Å². The van der Waals surface area contributed by atoms with Crippen molar-refractivity contribution >= 4 is 17.1 Å². The number of hydrogen-bond donors (Lipinski definition) is 0. The molecular formula is C33H30N4OPt. The van der Waals surface area contributed by atoms with Gasteiger partial charge in [-0.1, -0.05) is 48.5 Å². The molecule has 0 aromatic heterocycles. The van der Waals surface area contributed by atoms with Crippen LogP contribution >= 0.6 is 0 Å². The van der Waals surface area contributed by atoms with Crippen LogP contribution in [0.5, 0.6) is 11.5 Å². The maximum Gasteiger partial charge on any atom is 4.00 e. The Kier molecular flexibility index (Phi) is 7.57. The Balaban J connectivity index is 0.00000308. The van der Waals surface area contributed by atoms with E-state index in [1.54, 1.807) is 0 Å². The van der Waals surface area contributed by atoms with Crippen LogP contribution < -0.4 is 14.5 Å². The third-order valence-electron chi connectivity index (χ3n) is 7.21. The van der Waals surface area contributed by atoms with E-state index in [0.717, 1.165) is 28.2 Å². The number of para-hydroxylation sites is 1. The summed E-state index contributed by atoms with van der Waals surface area (Å²) >= 11 is 0. The molecule has 5 nitrogen and oxygen atoms in total. The number of ether oxygens (including phenoxy) is 1. The van der Waals surface area contributed by atoms with Crippen LogP contribution in [0.1, 0.15) is 19.4 Å². The van der Waals surface area contributed by atoms with E-state index in [2.05, 4.69) is 98.0 Å². The Labute approximate surface area is 246 Å². The second-order valence-corrected chi connectivity index (χ2v) is 10.1. The molecule has 0 saturated heterocycles. The van der Waals surface area contributed by atoms with Crippen LogP contribution in [-0.4, -0.2) is 23.9 Å². The van der Waals surface area contributed by atoms with Crippen molar-refractivity contribution in [2.45, 2.75) is 19.4 Å². The van der Waals surface area contributed by atoms with E-state index in [4.69, 9.17) is 4.74 Å². The number of nitrogens with zero attached hydrogens (tertiary/aromatic N) is 4. The van der Waals surface area contributed by atoms with Gasteiger partial charge in [0.05, 0.1) is 0 Å². The molecule has 198 valence electrons. The predicted octanol–water partition coefficient (Wildman–Crippen LogP) is 7.52. The zero-order valence-corrected chi connectivity index (χ0v) is 24.7. The van der Waals surface area contributed by atoms with Gasteiger partial charge in [0.25, 0.3) is 0 Å². The third-order valence-corrected chi connectivity index (χ3v) is 7.21. The van der Waals surface area contributed by atoms with Crippen LogP contribution in [0, 0.1) is 25.5 Å². The summed E-state index contributed by atoms with van der Waals surface area (Å²) in [6.45, 7) is 8.62. The van der Waals surface area contributed by atoms with Gasteiger partial charge in [-0.2, -0.15) is 19.4 Å². The van der Waals surface area contributed by atoms with Gasteiger partial charge in [-0.05, 0) is 57.5 Å². The zero-order chi connectivity index (χ0) is 26.3.